The van der Waals surface area contributed by atoms with E-state index in [2.05, 4.69) is 27.7 Å². The molecule has 0 spiro atoms. The summed E-state index contributed by atoms with van der Waals surface area (Å²) in [5, 5.41) is 6.83. The minimum atomic E-state index is -0.477. The summed E-state index contributed by atoms with van der Waals surface area (Å²) in [6, 6.07) is 16.3. The van der Waals surface area contributed by atoms with E-state index in [1.165, 1.54) is 44.4 Å². The first-order chi connectivity index (χ1) is 23.6. The molecule has 1 saturated heterocycles. The number of hydrogen-bond donors (Lipinski definition) is 2. The fourth-order valence-corrected chi connectivity index (χ4v) is 6.35. The van der Waals surface area contributed by atoms with Gasteiger partial charge in [-0.1, -0.05) is 41.4 Å². The van der Waals surface area contributed by atoms with Gasteiger partial charge in [-0.25, -0.2) is 4.98 Å². The number of aromatic nitrogens is 1. The van der Waals surface area contributed by atoms with Gasteiger partial charge < -0.3 is 29.9 Å². The van der Waals surface area contributed by atoms with Crippen LogP contribution < -0.4 is 29.9 Å². The summed E-state index contributed by atoms with van der Waals surface area (Å²) < 4.78 is 11.6. The van der Waals surface area contributed by atoms with Crippen LogP contribution in [0.4, 0.5) is 11.4 Å². The molecule has 3 amide bonds. The number of ether oxygens (including phenoxy) is 2. The molecule has 0 atom stereocenters. The number of para-hydroxylation sites is 1. The topological polar surface area (TPSA) is 113 Å². The number of carbonyl (C=O) groups excluding carboxylic acids is 3. The van der Waals surface area contributed by atoms with Gasteiger partial charge in [0.25, 0.3) is 5.91 Å². The van der Waals surface area contributed by atoms with Crippen molar-refractivity contribution in [3.8, 4) is 11.5 Å². The van der Waals surface area contributed by atoms with Crippen molar-refractivity contribution in [3.05, 3.63) is 93.1 Å². The Kier molecular flexibility index (Phi) is 11.6. The third-order valence-electron chi connectivity index (χ3n) is 8.42. The van der Waals surface area contributed by atoms with Gasteiger partial charge in [0.05, 0.1) is 29.9 Å². The molecule has 4 aromatic rings. The van der Waals surface area contributed by atoms with E-state index in [0.29, 0.717) is 38.9 Å². The highest BCUT2D eigenvalue weighted by Crippen LogP contribution is 2.37. The first kappa shape index (κ1) is 35.5. The number of halogens is 2. The maximum atomic E-state index is 13.1. The van der Waals surface area contributed by atoms with Crippen LogP contribution in [0.3, 0.4) is 0 Å². The van der Waals surface area contributed by atoms with E-state index in [-0.39, 0.29) is 24.1 Å². The monoisotopic (exact) mass is 703 g/mol. The molecule has 1 aromatic heterocycles. The SMILES string of the molecule is CNC(=O)c1ccc(/C=C/C(=O)NCC(=O)N(C)c2ccc(Cl)c(COc3cccc4c(N5CCCCC5)cc(C)nc34)c2Cl)cc1OC. The first-order valence-corrected chi connectivity index (χ1v) is 16.7. The largest absolute Gasteiger partial charge is 0.496 e. The molecule has 1 aliphatic heterocycles. The maximum absolute atomic E-state index is 13.1. The Morgan fingerprint density at radius 2 is 1.80 bits per heavy atom. The third-order valence-corrected chi connectivity index (χ3v) is 9.19. The average Bonchev–Trinajstić information content (AvgIpc) is 3.12. The second-order valence-electron chi connectivity index (χ2n) is 11.7. The lowest BCUT2D eigenvalue weighted by atomic mass is 10.1. The van der Waals surface area contributed by atoms with Gasteiger partial charge in [0, 0.05) is 60.6 Å². The van der Waals surface area contributed by atoms with E-state index in [0.717, 1.165) is 35.4 Å². The molecule has 49 heavy (non-hydrogen) atoms. The van der Waals surface area contributed by atoms with Gasteiger partial charge in [0.1, 0.15) is 23.6 Å². The Hall–Kier alpha value is -4.80. The number of nitrogens with one attached hydrogen (secondary N) is 2. The molecule has 0 bridgehead atoms. The fourth-order valence-electron chi connectivity index (χ4n) is 5.75. The van der Waals surface area contributed by atoms with Gasteiger partial charge in [0.15, 0.2) is 0 Å². The number of rotatable bonds is 11. The Bertz CT molecular complexity index is 1910. The molecular weight excluding hydrogens is 665 g/mol. The normalized spacial score (nSPS) is 13.0. The number of fused-ring (bicyclic) bond motifs is 1. The predicted molar refractivity (Wildman–Crippen MR) is 195 cm³/mol. The van der Waals surface area contributed by atoms with Crippen LogP contribution in [-0.2, 0) is 16.2 Å². The van der Waals surface area contributed by atoms with Crippen molar-refractivity contribution in [1.82, 2.24) is 15.6 Å². The predicted octanol–water partition coefficient (Wildman–Crippen LogP) is 6.58. The van der Waals surface area contributed by atoms with E-state index in [4.69, 9.17) is 37.7 Å². The summed E-state index contributed by atoms with van der Waals surface area (Å²) in [7, 11) is 4.56. The van der Waals surface area contributed by atoms with Crippen molar-refractivity contribution in [1.29, 1.82) is 0 Å². The quantitative estimate of drug-likeness (QED) is 0.170. The molecule has 0 radical (unpaired) electrons. The zero-order chi connectivity index (χ0) is 35.1. The van der Waals surface area contributed by atoms with E-state index in [9.17, 15) is 14.4 Å². The number of likely N-dealkylation sites (N-methyl/N-ethyl adjacent to an activating group) is 1. The highest BCUT2D eigenvalue weighted by atomic mass is 35.5. The number of carbonyl (C=O) groups is 3. The maximum Gasteiger partial charge on any atom is 0.254 e. The molecule has 0 unspecified atom stereocenters. The van der Waals surface area contributed by atoms with Gasteiger partial charge in [-0.3, -0.25) is 14.4 Å². The number of methoxy groups -OCH3 is 1. The smallest absolute Gasteiger partial charge is 0.254 e. The summed E-state index contributed by atoms with van der Waals surface area (Å²) in [5.74, 6) is -0.178. The van der Waals surface area contributed by atoms with Gasteiger partial charge in [-0.05, 0) is 74.2 Å². The minimum absolute atomic E-state index is 0.0533. The average molecular weight is 705 g/mol. The fraction of sp³-hybridized carbons (Fsp3) is 0.297. The summed E-state index contributed by atoms with van der Waals surface area (Å²) in [6.07, 6.45) is 6.43. The molecule has 12 heteroatoms. The van der Waals surface area contributed by atoms with Crippen molar-refractivity contribution < 1.29 is 23.9 Å². The zero-order valence-electron chi connectivity index (χ0n) is 27.9. The van der Waals surface area contributed by atoms with Crippen LogP contribution in [0.5, 0.6) is 11.5 Å². The number of aryl methyl sites for hydroxylation is 1. The highest BCUT2D eigenvalue weighted by Gasteiger charge is 2.21. The summed E-state index contributed by atoms with van der Waals surface area (Å²) >= 11 is 13.4. The zero-order valence-corrected chi connectivity index (χ0v) is 29.5. The number of nitrogens with zero attached hydrogens (tertiary/aromatic N) is 3. The van der Waals surface area contributed by atoms with E-state index < -0.39 is 11.8 Å². The number of anilines is 2. The molecule has 1 fully saturated rings. The molecule has 0 aliphatic carbocycles. The van der Waals surface area contributed by atoms with Crippen LogP contribution in [0.15, 0.2) is 60.7 Å². The number of amides is 3. The van der Waals surface area contributed by atoms with Gasteiger partial charge in [0.2, 0.25) is 11.8 Å². The van der Waals surface area contributed by atoms with Crippen LogP contribution in [0.2, 0.25) is 10.0 Å². The number of piperidine rings is 1. The highest BCUT2D eigenvalue weighted by molar-refractivity contribution is 6.38. The van der Waals surface area contributed by atoms with Crippen LogP contribution in [0.25, 0.3) is 17.0 Å². The lowest BCUT2D eigenvalue weighted by Gasteiger charge is -2.30. The molecular formula is C37H39Cl2N5O5. The molecule has 3 aromatic carbocycles. The lowest BCUT2D eigenvalue weighted by molar-refractivity contribution is -0.122. The standard InChI is InChI=1S/C37H39Cl2N5O5/c1-23-19-30(44-17-6-5-7-18-44)25-9-8-10-31(36(25)42-23)49-22-27-28(38)14-15-29(35(27)39)43(3)34(46)21-41-33(45)16-12-24-11-13-26(37(47)40-2)32(20-24)48-4/h8-16,19-20H,5-7,17-18,21-22H2,1-4H3,(H,40,47)(H,41,45)/b16-12+. The summed E-state index contributed by atoms with van der Waals surface area (Å²) in [6.45, 7) is 3.79. The molecule has 5 rings (SSSR count). The van der Waals surface area contributed by atoms with Gasteiger partial charge >= 0.3 is 0 Å². The Labute approximate surface area is 296 Å². The van der Waals surface area contributed by atoms with Crippen molar-refractivity contribution >= 4 is 69.3 Å². The third kappa shape index (κ3) is 8.26. The van der Waals surface area contributed by atoms with Crippen molar-refractivity contribution in [2.45, 2.75) is 32.8 Å². The Balaban J connectivity index is 1.25. The Morgan fingerprint density at radius 3 is 2.53 bits per heavy atom. The van der Waals surface area contributed by atoms with E-state index in [1.54, 1.807) is 43.5 Å². The van der Waals surface area contributed by atoms with Gasteiger partial charge in [-0.2, -0.15) is 0 Å². The van der Waals surface area contributed by atoms with Crippen LogP contribution in [0, 0.1) is 6.92 Å². The number of benzene rings is 3. The molecule has 256 valence electrons. The first-order valence-electron chi connectivity index (χ1n) is 16.0. The summed E-state index contributed by atoms with van der Waals surface area (Å²) in [4.78, 5) is 46.2. The van der Waals surface area contributed by atoms with Crippen molar-refractivity contribution in [2.75, 3.05) is 50.6 Å². The van der Waals surface area contributed by atoms with Crippen molar-refractivity contribution in [2.24, 2.45) is 0 Å². The summed E-state index contributed by atoms with van der Waals surface area (Å²) in [5.41, 5.74) is 4.78. The molecule has 1 aliphatic rings. The number of hydrogen-bond acceptors (Lipinski definition) is 7. The lowest BCUT2D eigenvalue weighted by Crippen LogP contribution is -2.37. The van der Waals surface area contributed by atoms with Gasteiger partial charge in [-0.15, -0.1) is 0 Å². The van der Waals surface area contributed by atoms with E-state index in [1.807, 2.05) is 19.1 Å². The molecule has 10 nitrogen and oxygen atoms in total. The minimum Gasteiger partial charge on any atom is -0.496 e. The number of pyridine rings is 1. The van der Waals surface area contributed by atoms with Crippen LogP contribution in [0.1, 0.15) is 46.4 Å². The molecule has 2 heterocycles. The van der Waals surface area contributed by atoms with Crippen molar-refractivity contribution in [3.63, 3.8) is 0 Å². The van der Waals surface area contributed by atoms with Crippen LogP contribution >= 0.6 is 23.2 Å². The molecule has 0 saturated carbocycles. The second-order valence-corrected chi connectivity index (χ2v) is 12.5. The van der Waals surface area contributed by atoms with Crippen LogP contribution in [-0.4, -0.2) is 63.5 Å². The Morgan fingerprint density at radius 1 is 1.02 bits per heavy atom. The van der Waals surface area contributed by atoms with E-state index >= 15 is 0 Å². The molecule has 2 N–H and O–H groups in total. The second kappa shape index (κ2) is 16.1.